The summed E-state index contributed by atoms with van der Waals surface area (Å²) in [6, 6.07) is 13.8. The maximum absolute atomic E-state index is 9.13. The molecule has 0 fully saturated rings. The van der Waals surface area contributed by atoms with Gasteiger partial charge in [0.05, 0.1) is 11.6 Å². The van der Waals surface area contributed by atoms with Crippen LogP contribution in [0.1, 0.15) is 11.1 Å². The van der Waals surface area contributed by atoms with E-state index in [2.05, 4.69) is 0 Å². The maximum atomic E-state index is 9.13. The minimum absolute atomic E-state index is 0.451. The molecule has 0 amide bonds. The fraction of sp³-hybridized carbons (Fsp3) is 0.0714. The van der Waals surface area contributed by atoms with E-state index in [-0.39, 0.29) is 0 Å². The van der Waals surface area contributed by atoms with Crippen molar-refractivity contribution in [2.45, 2.75) is 6.92 Å². The molecule has 0 spiro atoms. The summed E-state index contributed by atoms with van der Waals surface area (Å²) in [6.07, 6.45) is 0. The number of benzene rings is 2. The molecule has 0 aliphatic carbocycles. The quantitative estimate of drug-likeness (QED) is 0.809. The van der Waals surface area contributed by atoms with Gasteiger partial charge in [-0.3, -0.25) is 0 Å². The Morgan fingerprint density at radius 3 is 2.21 bits per heavy atom. The smallest absolute Gasteiger partial charge is 0.457 e. The van der Waals surface area contributed by atoms with Gasteiger partial charge in [-0.2, -0.15) is 5.26 Å². The van der Waals surface area contributed by atoms with Crippen LogP contribution in [0.2, 0.25) is 0 Å². The molecule has 0 heterocycles. The van der Waals surface area contributed by atoms with Crippen LogP contribution in [-0.2, 0) is 0 Å². The maximum Gasteiger partial charge on any atom is 0.488 e. The van der Waals surface area contributed by atoms with Crippen LogP contribution < -0.4 is 10.2 Å². The van der Waals surface area contributed by atoms with Crippen LogP contribution in [0.4, 0.5) is 0 Å². The van der Waals surface area contributed by atoms with Crippen LogP contribution in [0, 0.1) is 18.3 Å². The van der Waals surface area contributed by atoms with Gasteiger partial charge in [0.1, 0.15) is 11.5 Å². The minimum Gasteiger partial charge on any atom is -0.457 e. The lowest BCUT2D eigenvalue weighted by Gasteiger charge is -2.09. The predicted octanol–water partition coefficient (Wildman–Crippen LogP) is 1.34. The Morgan fingerprint density at radius 2 is 1.68 bits per heavy atom. The molecule has 0 bridgehead atoms. The zero-order chi connectivity index (χ0) is 13.8. The van der Waals surface area contributed by atoms with Gasteiger partial charge >= 0.3 is 7.12 Å². The summed E-state index contributed by atoms with van der Waals surface area (Å²) in [5.41, 5.74) is 1.76. The monoisotopic (exact) mass is 253 g/mol. The van der Waals surface area contributed by atoms with Crippen LogP contribution in [0.15, 0.2) is 42.5 Å². The molecule has 0 saturated heterocycles. The van der Waals surface area contributed by atoms with Gasteiger partial charge < -0.3 is 14.8 Å². The third kappa shape index (κ3) is 3.13. The van der Waals surface area contributed by atoms with E-state index in [1.165, 1.54) is 0 Å². The lowest BCUT2D eigenvalue weighted by atomic mass is 9.77. The van der Waals surface area contributed by atoms with Crippen LogP contribution >= 0.6 is 0 Å². The van der Waals surface area contributed by atoms with E-state index in [1.807, 2.05) is 6.07 Å². The third-order valence-electron chi connectivity index (χ3n) is 2.74. The van der Waals surface area contributed by atoms with Crippen LogP contribution in [0.3, 0.4) is 0 Å². The highest BCUT2D eigenvalue weighted by molar-refractivity contribution is 6.59. The fourth-order valence-corrected chi connectivity index (χ4v) is 1.73. The number of aryl methyl sites for hydroxylation is 1. The first-order chi connectivity index (χ1) is 9.10. The van der Waals surface area contributed by atoms with E-state index >= 15 is 0 Å². The summed E-state index contributed by atoms with van der Waals surface area (Å²) in [7, 11) is -1.48. The van der Waals surface area contributed by atoms with Crippen molar-refractivity contribution in [2.24, 2.45) is 0 Å². The van der Waals surface area contributed by atoms with Crippen LogP contribution in [-0.4, -0.2) is 17.2 Å². The van der Waals surface area contributed by atoms with Crippen molar-refractivity contribution in [1.29, 1.82) is 5.26 Å². The van der Waals surface area contributed by atoms with Crippen molar-refractivity contribution in [3.05, 3.63) is 53.6 Å². The first-order valence-electron chi connectivity index (χ1n) is 5.75. The van der Waals surface area contributed by atoms with Gasteiger partial charge in [0.2, 0.25) is 0 Å². The molecule has 0 unspecified atom stereocenters. The Labute approximate surface area is 111 Å². The van der Waals surface area contributed by atoms with E-state index in [0.717, 1.165) is 5.56 Å². The first kappa shape index (κ1) is 13.2. The Hall–Kier alpha value is -2.29. The second-order valence-electron chi connectivity index (χ2n) is 4.13. The number of hydrogen-bond acceptors (Lipinski definition) is 4. The summed E-state index contributed by atoms with van der Waals surface area (Å²) in [4.78, 5) is 0. The van der Waals surface area contributed by atoms with Crippen molar-refractivity contribution in [3.8, 4) is 17.6 Å². The summed E-state index contributed by atoms with van der Waals surface area (Å²) in [5.74, 6) is 1.22. The van der Waals surface area contributed by atoms with Gasteiger partial charge in [-0.1, -0.05) is 6.07 Å². The van der Waals surface area contributed by atoms with Crippen molar-refractivity contribution in [2.75, 3.05) is 0 Å². The van der Waals surface area contributed by atoms with E-state index in [0.29, 0.717) is 22.5 Å². The van der Waals surface area contributed by atoms with Gasteiger partial charge in [-0.15, -0.1) is 0 Å². The average Bonchev–Trinajstić information content (AvgIpc) is 2.39. The molecule has 2 aromatic carbocycles. The number of nitriles is 1. The van der Waals surface area contributed by atoms with Gasteiger partial charge in [-0.25, -0.2) is 0 Å². The lowest BCUT2D eigenvalue weighted by Crippen LogP contribution is -2.31. The Bertz CT molecular complexity index is 618. The molecule has 0 radical (unpaired) electrons. The highest BCUT2D eigenvalue weighted by Gasteiger charge is 2.14. The highest BCUT2D eigenvalue weighted by atomic mass is 16.5. The predicted molar refractivity (Wildman–Crippen MR) is 72.2 cm³/mol. The molecule has 0 atom stereocenters. The van der Waals surface area contributed by atoms with E-state index in [9.17, 15) is 0 Å². The van der Waals surface area contributed by atoms with Crippen molar-refractivity contribution in [1.82, 2.24) is 0 Å². The Kier molecular flexibility index (Phi) is 3.86. The summed E-state index contributed by atoms with van der Waals surface area (Å²) in [5, 5.41) is 27.0. The molecule has 0 aliphatic heterocycles. The largest absolute Gasteiger partial charge is 0.488 e. The van der Waals surface area contributed by atoms with Gasteiger partial charge in [0, 0.05) is 0 Å². The van der Waals surface area contributed by atoms with Crippen molar-refractivity contribution in [3.63, 3.8) is 0 Å². The first-order valence-corrected chi connectivity index (χ1v) is 5.75. The van der Waals surface area contributed by atoms with Gasteiger partial charge in [0.25, 0.3) is 0 Å². The van der Waals surface area contributed by atoms with E-state index < -0.39 is 7.12 Å². The Balaban J connectivity index is 2.19. The third-order valence-corrected chi connectivity index (χ3v) is 2.74. The summed E-state index contributed by atoms with van der Waals surface area (Å²) >= 11 is 0. The zero-order valence-corrected chi connectivity index (χ0v) is 10.4. The number of hydrogen-bond donors (Lipinski definition) is 2. The topological polar surface area (TPSA) is 73.5 Å². The van der Waals surface area contributed by atoms with Crippen LogP contribution in [0.5, 0.6) is 11.5 Å². The molecule has 2 N–H and O–H groups in total. The molecule has 19 heavy (non-hydrogen) atoms. The summed E-state index contributed by atoms with van der Waals surface area (Å²) in [6.45, 7) is 1.78. The molecule has 4 nitrogen and oxygen atoms in total. The normalized spacial score (nSPS) is 9.79. The highest BCUT2D eigenvalue weighted by Crippen LogP contribution is 2.21. The molecule has 0 saturated carbocycles. The van der Waals surface area contributed by atoms with E-state index in [1.54, 1.807) is 49.4 Å². The SMILES string of the molecule is Cc1cc(Oc2ccc(C#N)cc2)ccc1B(O)O. The van der Waals surface area contributed by atoms with Gasteiger partial charge in [-0.05, 0) is 54.3 Å². The lowest BCUT2D eigenvalue weighted by molar-refractivity contribution is 0.425. The fourth-order valence-electron chi connectivity index (χ4n) is 1.73. The summed E-state index contributed by atoms with van der Waals surface area (Å²) < 4.78 is 5.62. The molecule has 0 aliphatic rings. The van der Waals surface area contributed by atoms with Crippen LogP contribution in [0.25, 0.3) is 0 Å². The zero-order valence-electron chi connectivity index (χ0n) is 10.4. The standard InChI is InChI=1S/C14H12BNO3/c1-10-8-13(6-7-14(10)15(17)18)19-12-4-2-11(9-16)3-5-12/h2-8,17-18H,1H3. The second kappa shape index (κ2) is 5.57. The average molecular weight is 253 g/mol. The van der Waals surface area contributed by atoms with Gasteiger partial charge in [0.15, 0.2) is 0 Å². The molecular weight excluding hydrogens is 241 g/mol. The Morgan fingerprint density at radius 1 is 1.05 bits per heavy atom. The molecule has 94 valence electrons. The molecule has 2 rings (SSSR count). The molecule has 5 heteroatoms. The van der Waals surface area contributed by atoms with Crippen molar-refractivity contribution < 1.29 is 14.8 Å². The number of rotatable bonds is 3. The van der Waals surface area contributed by atoms with E-state index in [4.69, 9.17) is 20.0 Å². The molecule has 2 aromatic rings. The molecule has 0 aromatic heterocycles. The number of ether oxygens (including phenoxy) is 1. The number of nitrogens with zero attached hydrogens (tertiary/aromatic N) is 1. The molecular formula is C14H12BNO3. The second-order valence-corrected chi connectivity index (χ2v) is 4.13. The van der Waals surface area contributed by atoms with Crippen molar-refractivity contribution >= 4 is 12.6 Å². The minimum atomic E-state index is -1.48.